The first-order valence-corrected chi connectivity index (χ1v) is 10.2. The molecule has 6 nitrogen and oxygen atoms in total. The van der Waals surface area contributed by atoms with Gasteiger partial charge in [0, 0.05) is 19.6 Å². The molecule has 1 aliphatic heterocycles. The summed E-state index contributed by atoms with van der Waals surface area (Å²) in [4.78, 5) is 4.58. The van der Waals surface area contributed by atoms with Crippen molar-refractivity contribution in [2.75, 3.05) is 18.4 Å². The van der Waals surface area contributed by atoms with E-state index in [4.69, 9.17) is 5.26 Å². The molecule has 0 unspecified atom stereocenters. The van der Waals surface area contributed by atoms with E-state index in [1.807, 2.05) is 25.1 Å². The second-order valence-corrected chi connectivity index (χ2v) is 8.38. The number of anilines is 1. The number of nitriles is 1. The molecule has 1 fully saturated rings. The predicted molar refractivity (Wildman–Crippen MR) is 100 cm³/mol. The Bertz CT molecular complexity index is 929. The molecule has 1 aromatic carbocycles. The van der Waals surface area contributed by atoms with Crippen molar-refractivity contribution in [2.45, 2.75) is 37.6 Å². The van der Waals surface area contributed by atoms with E-state index in [9.17, 15) is 8.42 Å². The fourth-order valence-corrected chi connectivity index (χ4v) is 4.59. The Hall–Kier alpha value is -2.43. The highest BCUT2D eigenvalue weighted by atomic mass is 32.2. The molecule has 1 aliphatic rings. The lowest BCUT2D eigenvalue weighted by atomic mass is 10.2. The van der Waals surface area contributed by atoms with E-state index in [-0.39, 0.29) is 0 Å². The molecule has 0 amide bonds. The van der Waals surface area contributed by atoms with Crippen molar-refractivity contribution < 1.29 is 8.42 Å². The second-order valence-electron chi connectivity index (χ2n) is 6.44. The van der Waals surface area contributed by atoms with Gasteiger partial charge in [-0.15, -0.1) is 0 Å². The van der Waals surface area contributed by atoms with Crippen LogP contribution in [-0.2, 0) is 16.6 Å². The Kier molecular flexibility index (Phi) is 5.55. The maximum atomic E-state index is 12.8. The van der Waals surface area contributed by atoms with E-state index in [2.05, 4.69) is 16.4 Å². The quantitative estimate of drug-likeness (QED) is 0.874. The Morgan fingerprint density at radius 2 is 1.96 bits per heavy atom. The average molecular weight is 370 g/mol. The molecule has 0 atom stereocenters. The van der Waals surface area contributed by atoms with E-state index < -0.39 is 10.0 Å². The van der Waals surface area contributed by atoms with Crippen LogP contribution in [0.4, 0.5) is 5.82 Å². The van der Waals surface area contributed by atoms with Crippen molar-refractivity contribution in [2.24, 2.45) is 0 Å². The largest absolute Gasteiger partial charge is 0.366 e. The molecule has 7 heteroatoms. The van der Waals surface area contributed by atoms with E-state index in [0.29, 0.717) is 36.0 Å². The molecule has 0 radical (unpaired) electrons. The molecule has 2 heterocycles. The van der Waals surface area contributed by atoms with Crippen LogP contribution in [0.5, 0.6) is 0 Å². The fraction of sp³-hybridized carbons (Fsp3) is 0.368. The summed E-state index contributed by atoms with van der Waals surface area (Å²) in [6, 6.07) is 12.7. The van der Waals surface area contributed by atoms with Crippen LogP contribution >= 0.6 is 0 Å². The van der Waals surface area contributed by atoms with Gasteiger partial charge in [-0.3, -0.25) is 0 Å². The lowest BCUT2D eigenvalue weighted by molar-refractivity contribution is 0.346. The van der Waals surface area contributed by atoms with Gasteiger partial charge in [0.1, 0.15) is 17.6 Å². The lowest BCUT2D eigenvalue weighted by Gasteiger charge is -2.26. The SMILES string of the molecule is Cc1ccc(NCc2cccc(S(=O)(=O)N3CCCCC3)c2)nc1C#N. The monoisotopic (exact) mass is 370 g/mol. The first-order valence-electron chi connectivity index (χ1n) is 8.71. The zero-order valence-corrected chi connectivity index (χ0v) is 15.6. The first-order chi connectivity index (χ1) is 12.5. The van der Waals surface area contributed by atoms with Crippen molar-refractivity contribution in [3.8, 4) is 6.07 Å². The number of nitrogens with zero attached hydrogens (tertiary/aromatic N) is 3. The number of aryl methyl sites for hydroxylation is 1. The van der Waals surface area contributed by atoms with Gasteiger partial charge >= 0.3 is 0 Å². The van der Waals surface area contributed by atoms with Crippen molar-refractivity contribution >= 4 is 15.8 Å². The Morgan fingerprint density at radius 3 is 2.69 bits per heavy atom. The minimum absolute atomic E-state index is 0.327. The number of piperidine rings is 1. The Labute approximate surface area is 154 Å². The number of hydrogen-bond donors (Lipinski definition) is 1. The smallest absolute Gasteiger partial charge is 0.243 e. The van der Waals surface area contributed by atoms with E-state index >= 15 is 0 Å². The predicted octanol–water partition coefficient (Wildman–Crippen LogP) is 3.05. The Morgan fingerprint density at radius 1 is 1.19 bits per heavy atom. The second kappa shape index (κ2) is 7.85. The van der Waals surface area contributed by atoms with Crippen LogP contribution in [0.2, 0.25) is 0 Å². The molecule has 0 saturated carbocycles. The normalized spacial score (nSPS) is 15.4. The van der Waals surface area contributed by atoms with Crippen LogP contribution in [0.15, 0.2) is 41.3 Å². The van der Waals surface area contributed by atoms with Crippen LogP contribution < -0.4 is 5.32 Å². The number of aromatic nitrogens is 1. The van der Waals surface area contributed by atoms with Gasteiger partial charge in [0.2, 0.25) is 10.0 Å². The van der Waals surface area contributed by atoms with E-state index in [0.717, 1.165) is 30.4 Å². The lowest BCUT2D eigenvalue weighted by Crippen LogP contribution is -2.35. The molecule has 26 heavy (non-hydrogen) atoms. The van der Waals surface area contributed by atoms with Gasteiger partial charge in [0.05, 0.1) is 4.90 Å². The summed E-state index contributed by atoms with van der Waals surface area (Å²) in [5.41, 5.74) is 2.06. The van der Waals surface area contributed by atoms with E-state index in [1.54, 1.807) is 22.5 Å². The van der Waals surface area contributed by atoms with Crippen molar-refractivity contribution in [3.05, 3.63) is 53.2 Å². The first kappa shape index (κ1) is 18.4. The summed E-state index contributed by atoms with van der Waals surface area (Å²) in [7, 11) is -3.44. The standard InChI is InChI=1S/C19H22N4O2S/c1-15-8-9-19(22-18(15)13-20)21-14-16-6-5-7-17(12-16)26(24,25)23-10-3-2-4-11-23/h5-9,12H,2-4,10-11,14H2,1H3,(H,21,22). The fourth-order valence-electron chi connectivity index (χ4n) is 3.00. The van der Waals surface area contributed by atoms with Crippen LogP contribution in [-0.4, -0.2) is 30.8 Å². The summed E-state index contributed by atoms with van der Waals surface area (Å²) < 4.78 is 27.2. The summed E-state index contributed by atoms with van der Waals surface area (Å²) in [5.74, 6) is 0.594. The molecule has 1 aromatic heterocycles. The van der Waals surface area contributed by atoms with Crippen LogP contribution in [0, 0.1) is 18.3 Å². The zero-order chi connectivity index (χ0) is 18.6. The van der Waals surface area contributed by atoms with Crippen LogP contribution in [0.25, 0.3) is 0 Å². The van der Waals surface area contributed by atoms with Crippen molar-refractivity contribution in [1.82, 2.24) is 9.29 Å². The van der Waals surface area contributed by atoms with Gasteiger partial charge in [-0.2, -0.15) is 9.57 Å². The van der Waals surface area contributed by atoms with Crippen molar-refractivity contribution in [3.63, 3.8) is 0 Å². The van der Waals surface area contributed by atoms with Crippen LogP contribution in [0.1, 0.15) is 36.1 Å². The molecular weight excluding hydrogens is 348 g/mol. The average Bonchev–Trinajstić information content (AvgIpc) is 2.68. The molecule has 136 valence electrons. The van der Waals surface area contributed by atoms with Gasteiger partial charge in [-0.25, -0.2) is 13.4 Å². The minimum Gasteiger partial charge on any atom is -0.366 e. The molecule has 3 rings (SSSR count). The number of benzene rings is 1. The number of sulfonamides is 1. The molecule has 0 aliphatic carbocycles. The minimum atomic E-state index is -3.44. The number of rotatable bonds is 5. The Balaban J connectivity index is 1.74. The third-order valence-electron chi connectivity index (χ3n) is 4.53. The van der Waals surface area contributed by atoms with Gasteiger partial charge in [-0.1, -0.05) is 24.6 Å². The van der Waals surface area contributed by atoms with Gasteiger partial charge in [0.15, 0.2) is 0 Å². The molecule has 1 N–H and O–H groups in total. The molecule has 1 saturated heterocycles. The highest BCUT2D eigenvalue weighted by Crippen LogP contribution is 2.21. The van der Waals surface area contributed by atoms with Crippen LogP contribution in [0.3, 0.4) is 0 Å². The number of hydrogen-bond acceptors (Lipinski definition) is 5. The van der Waals surface area contributed by atoms with Gasteiger partial charge < -0.3 is 5.32 Å². The molecule has 2 aromatic rings. The van der Waals surface area contributed by atoms with Gasteiger partial charge in [0.25, 0.3) is 0 Å². The molecule has 0 bridgehead atoms. The molecule has 0 spiro atoms. The molecular formula is C19H22N4O2S. The number of nitrogens with one attached hydrogen (secondary N) is 1. The number of pyridine rings is 1. The summed E-state index contributed by atoms with van der Waals surface area (Å²) in [6.07, 6.45) is 2.92. The topological polar surface area (TPSA) is 86.1 Å². The maximum absolute atomic E-state index is 12.8. The summed E-state index contributed by atoms with van der Waals surface area (Å²) >= 11 is 0. The summed E-state index contributed by atoms with van der Waals surface area (Å²) in [5, 5.41) is 12.2. The highest BCUT2D eigenvalue weighted by Gasteiger charge is 2.25. The maximum Gasteiger partial charge on any atom is 0.243 e. The third kappa shape index (κ3) is 4.03. The zero-order valence-electron chi connectivity index (χ0n) is 14.8. The van der Waals surface area contributed by atoms with E-state index in [1.165, 1.54) is 0 Å². The van der Waals surface area contributed by atoms with Crippen molar-refractivity contribution in [1.29, 1.82) is 5.26 Å². The van der Waals surface area contributed by atoms with Gasteiger partial charge in [-0.05, 0) is 49.1 Å². The third-order valence-corrected chi connectivity index (χ3v) is 6.42. The summed E-state index contributed by atoms with van der Waals surface area (Å²) in [6.45, 7) is 3.46. The highest BCUT2D eigenvalue weighted by molar-refractivity contribution is 7.89.